The number of hydrogen-bond acceptors (Lipinski definition) is 4. The molecule has 2 atom stereocenters. The van der Waals surface area contributed by atoms with Crippen LogP contribution in [0.3, 0.4) is 0 Å². The molecule has 0 bridgehead atoms. The van der Waals surface area contributed by atoms with Gasteiger partial charge in [-0.1, -0.05) is 0 Å². The molecule has 1 aliphatic heterocycles. The second-order valence-corrected chi connectivity index (χ2v) is 5.13. The van der Waals surface area contributed by atoms with E-state index < -0.39 is 0 Å². The van der Waals surface area contributed by atoms with Gasteiger partial charge in [0.1, 0.15) is 0 Å². The van der Waals surface area contributed by atoms with Gasteiger partial charge in [-0.05, 0) is 33.9 Å². The molecule has 1 fully saturated rings. The minimum atomic E-state index is 0.213. The molecular weight excluding hydrogens is 204 g/mol. The molecule has 1 rings (SSSR count). The van der Waals surface area contributed by atoms with E-state index >= 15 is 0 Å². The zero-order valence-electron chi connectivity index (χ0n) is 10.8. The number of hydrogen-bond donors (Lipinski definition) is 2. The summed E-state index contributed by atoms with van der Waals surface area (Å²) in [6.07, 6.45) is 2.35. The Kier molecular flexibility index (Phi) is 5.69. The molecule has 0 aliphatic carbocycles. The molecule has 0 aromatic rings. The Morgan fingerprint density at radius 3 is 2.81 bits per heavy atom. The standard InChI is InChI=1S/C12H26N2O2/c1-11(7-15)14(3)9-12(8-13-2)5-4-6-16-10-12/h11,13,15H,4-10H2,1-3H3. The van der Waals surface area contributed by atoms with E-state index in [1.54, 1.807) is 0 Å². The van der Waals surface area contributed by atoms with Crippen molar-refractivity contribution in [1.82, 2.24) is 10.2 Å². The maximum Gasteiger partial charge on any atom is 0.0584 e. The average Bonchev–Trinajstić information content (AvgIpc) is 2.29. The Morgan fingerprint density at radius 2 is 2.31 bits per heavy atom. The number of nitrogens with one attached hydrogen (secondary N) is 1. The normalized spacial score (nSPS) is 28.3. The highest BCUT2D eigenvalue weighted by Gasteiger charge is 2.34. The van der Waals surface area contributed by atoms with Crippen LogP contribution in [0, 0.1) is 5.41 Å². The number of likely N-dealkylation sites (N-methyl/N-ethyl adjacent to an activating group) is 1. The van der Waals surface area contributed by atoms with Gasteiger partial charge >= 0.3 is 0 Å². The SMILES string of the molecule is CNCC1(CN(C)C(C)CO)CCCOC1. The zero-order chi connectivity index (χ0) is 12.0. The lowest BCUT2D eigenvalue weighted by atomic mass is 9.81. The molecule has 0 radical (unpaired) electrons. The van der Waals surface area contributed by atoms with Gasteiger partial charge in [0.05, 0.1) is 13.2 Å². The fourth-order valence-electron chi connectivity index (χ4n) is 2.43. The van der Waals surface area contributed by atoms with Gasteiger partial charge < -0.3 is 20.1 Å². The van der Waals surface area contributed by atoms with Gasteiger partial charge in [0.25, 0.3) is 0 Å². The fourth-order valence-corrected chi connectivity index (χ4v) is 2.43. The van der Waals surface area contributed by atoms with E-state index in [1.807, 2.05) is 7.05 Å². The highest BCUT2D eigenvalue weighted by atomic mass is 16.5. The summed E-state index contributed by atoms with van der Waals surface area (Å²) in [6.45, 7) is 5.95. The quantitative estimate of drug-likeness (QED) is 0.689. The summed E-state index contributed by atoms with van der Waals surface area (Å²) in [5, 5.41) is 12.4. The smallest absolute Gasteiger partial charge is 0.0584 e. The van der Waals surface area contributed by atoms with Crippen molar-refractivity contribution in [2.24, 2.45) is 5.41 Å². The second-order valence-electron chi connectivity index (χ2n) is 5.13. The van der Waals surface area contributed by atoms with Crippen molar-refractivity contribution in [2.75, 3.05) is 47.0 Å². The number of nitrogens with zero attached hydrogens (tertiary/aromatic N) is 1. The first-order valence-corrected chi connectivity index (χ1v) is 6.17. The summed E-state index contributed by atoms with van der Waals surface area (Å²) >= 11 is 0. The van der Waals surface area contributed by atoms with Crippen LogP contribution in [0.1, 0.15) is 19.8 Å². The molecule has 1 aliphatic rings. The van der Waals surface area contributed by atoms with E-state index in [1.165, 1.54) is 6.42 Å². The van der Waals surface area contributed by atoms with Crippen molar-refractivity contribution >= 4 is 0 Å². The van der Waals surface area contributed by atoms with Gasteiger partial charge in [-0.15, -0.1) is 0 Å². The van der Waals surface area contributed by atoms with Crippen molar-refractivity contribution in [2.45, 2.75) is 25.8 Å². The molecule has 0 spiro atoms. The largest absolute Gasteiger partial charge is 0.395 e. The molecule has 0 aromatic carbocycles. The summed E-state index contributed by atoms with van der Waals surface area (Å²) in [5.41, 5.74) is 0.213. The maximum atomic E-state index is 9.16. The van der Waals surface area contributed by atoms with Crippen LogP contribution in [0.4, 0.5) is 0 Å². The Labute approximate surface area is 99.0 Å². The van der Waals surface area contributed by atoms with Crippen LogP contribution in [-0.4, -0.2) is 63.1 Å². The first-order valence-electron chi connectivity index (χ1n) is 6.17. The molecular formula is C12H26N2O2. The van der Waals surface area contributed by atoms with Crippen LogP contribution in [0.15, 0.2) is 0 Å². The Hall–Kier alpha value is -0.160. The highest BCUT2D eigenvalue weighted by molar-refractivity contribution is 4.87. The van der Waals surface area contributed by atoms with E-state index in [4.69, 9.17) is 9.84 Å². The van der Waals surface area contributed by atoms with E-state index in [2.05, 4.69) is 24.2 Å². The summed E-state index contributed by atoms with van der Waals surface area (Å²) < 4.78 is 5.62. The number of ether oxygens (including phenoxy) is 1. The summed E-state index contributed by atoms with van der Waals surface area (Å²) in [6, 6.07) is 0.218. The molecule has 0 saturated carbocycles. The molecule has 4 nitrogen and oxygen atoms in total. The maximum absolute atomic E-state index is 9.16. The summed E-state index contributed by atoms with van der Waals surface area (Å²) in [5.74, 6) is 0. The van der Waals surface area contributed by atoms with Gasteiger partial charge in [0.15, 0.2) is 0 Å². The van der Waals surface area contributed by atoms with Crippen LogP contribution in [0.5, 0.6) is 0 Å². The third-order valence-corrected chi connectivity index (χ3v) is 3.56. The summed E-state index contributed by atoms with van der Waals surface area (Å²) in [7, 11) is 4.07. The third-order valence-electron chi connectivity index (χ3n) is 3.56. The predicted molar refractivity (Wildman–Crippen MR) is 65.6 cm³/mol. The lowest BCUT2D eigenvalue weighted by Gasteiger charge is -2.41. The van der Waals surface area contributed by atoms with Crippen molar-refractivity contribution in [3.8, 4) is 0 Å². The predicted octanol–water partition coefficient (Wildman–Crippen LogP) is 0.315. The monoisotopic (exact) mass is 230 g/mol. The van der Waals surface area contributed by atoms with Crippen LogP contribution < -0.4 is 5.32 Å². The van der Waals surface area contributed by atoms with Crippen molar-refractivity contribution in [3.05, 3.63) is 0 Å². The minimum Gasteiger partial charge on any atom is -0.395 e. The van der Waals surface area contributed by atoms with Crippen LogP contribution in [-0.2, 0) is 4.74 Å². The number of rotatable bonds is 6. The zero-order valence-corrected chi connectivity index (χ0v) is 10.8. The lowest BCUT2D eigenvalue weighted by molar-refractivity contribution is -0.0295. The number of aliphatic hydroxyl groups excluding tert-OH is 1. The highest BCUT2D eigenvalue weighted by Crippen LogP contribution is 2.29. The van der Waals surface area contributed by atoms with E-state index in [0.717, 1.165) is 32.7 Å². The molecule has 2 unspecified atom stereocenters. The number of aliphatic hydroxyl groups is 1. The van der Waals surface area contributed by atoms with Gasteiger partial charge in [-0.3, -0.25) is 0 Å². The van der Waals surface area contributed by atoms with Crippen molar-refractivity contribution in [3.63, 3.8) is 0 Å². The Balaban J connectivity index is 2.55. The van der Waals surface area contributed by atoms with Crippen LogP contribution in [0.2, 0.25) is 0 Å². The molecule has 16 heavy (non-hydrogen) atoms. The molecule has 2 N–H and O–H groups in total. The van der Waals surface area contributed by atoms with Gasteiger partial charge in [0.2, 0.25) is 0 Å². The fraction of sp³-hybridized carbons (Fsp3) is 1.00. The summed E-state index contributed by atoms with van der Waals surface area (Å²) in [4.78, 5) is 2.23. The molecule has 1 heterocycles. The van der Waals surface area contributed by atoms with Crippen molar-refractivity contribution in [1.29, 1.82) is 0 Å². The van der Waals surface area contributed by atoms with E-state index in [-0.39, 0.29) is 18.1 Å². The third kappa shape index (κ3) is 3.70. The van der Waals surface area contributed by atoms with Crippen LogP contribution in [0.25, 0.3) is 0 Å². The Bertz CT molecular complexity index is 188. The molecule has 0 amide bonds. The molecule has 1 saturated heterocycles. The first-order chi connectivity index (χ1) is 7.63. The van der Waals surface area contributed by atoms with Gasteiger partial charge in [0, 0.05) is 31.2 Å². The topological polar surface area (TPSA) is 44.7 Å². The molecule has 0 aromatic heterocycles. The van der Waals surface area contributed by atoms with Crippen molar-refractivity contribution < 1.29 is 9.84 Å². The van der Waals surface area contributed by atoms with Gasteiger partial charge in [-0.2, -0.15) is 0 Å². The average molecular weight is 230 g/mol. The lowest BCUT2D eigenvalue weighted by Crippen LogP contribution is -2.49. The van der Waals surface area contributed by atoms with E-state index in [0.29, 0.717) is 0 Å². The molecule has 96 valence electrons. The van der Waals surface area contributed by atoms with Crippen LogP contribution >= 0.6 is 0 Å². The first kappa shape index (κ1) is 13.9. The van der Waals surface area contributed by atoms with E-state index in [9.17, 15) is 0 Å². The molecule has 4 heteroatoms. The second kappa shape index (κ2) is 6.55. The minimum absolute atomic E-state index is 0.213. The van der Waals surface area contributed by atoms with Gasteiger partial charge in [-0.25, -0.2) is 0 Å². The Morgan fingerprint density at radius 1 is 1.56 bits per heavy atom.